The van der Waals surface area contributed by atoms with E-state index in [-0.39, 0.29) is 12.3 Å². The molecule has 0 atom stereocenters. The summed E-state index contributed by atoms with van der Waals surface area (Å²) in [7, 11) is 0. The van der Waals surface area contributed by atoms with Crippen molar-refractivity contribution in [2.24, 2.45) is 5.92 Å². The van der Waals surface area contributed by atoms with Gasteiger partial charge in [-0.1, -0.05) is 16.4 Å². The summed E-state index contributed by atoms with van der Waals surface area (Å²) in [4.78, 5) is 4.19. The molecule has 118 valence electrons. The Balaban J connectivity index is 1.50. The second-order valence-electron chi connectivity index (χ2n) is 5.70. The van der Waals surface area contributed by atoms with Crippen molar-refractivity contribution >= 4 is 0 Å². The molecule has 1 saturated carbocycles. The topological polar surface area (TPSA) is 69.6 Å². The molecule has 1 aromatic carbocycles. The number of rotatable bonds is 5. The Morgan fingerprint density at radius 2 is 2.13 bits per heavy atom. The van der Waals surface area contributed by atoms with Crippen LogP contribution in [0.4, 0.5) is 8.78 Å². The molecule has 3 aromatic rings. The van der Waals surface area contributed by atoms with Gasteiger partial charge in [0, 0.05) is 19.0 Å². The highest BCUT2D eigenvalue weighted by atomic mass is 19.1. The molecule has 1 aliphatic carbocycles. The van der Waals surface area contributed by atoms with Crippen LogP contribution in [0.2, 0.25) is 0 Å². The average Bonchev–Trinajstić information content (AvgIpc) is 3.02. The molecule has 0 radical (unpaired) electrons. The van der Waals surface area contributed by atoms with E-state index in [0.29, 0.717) is 23.0 Å². The van der Waals surface area contributed by atoms with Crippen LogP contribution in [0.1, 0.15) is 24.2 Å². The third-order valence-electron chi connectivity index (χ3n) is 3.73. The minimum Gasteiger partial charge on any atom is -0.332 e. The molecule has 2 heterocycles. The van der Waals surface area contributed by atoms with Gasteiger partial charge in [0.15, 0.2) is 11.5 Å². The van der Waals surface area contributed by atoms with E-state index in [1.165, 1.54) is 25.0 Å². The van der Waals surface area contributed by atoms with Gasteiger partial charge in [0.2, 0.25) is 0 Å². The highest BCUT2D eigenvalue weighted by Gasteiger charge is 2.23. The lowest BCUT2D eigenvalue weighted by Crippen LogP contribution is -1.99. The van der Waals surface area contributed by atoms with E-state index in [4.69, 9.17) is 4.52 Å². The summed E-state index contributed by atoms with van der Waals surface area (Å²) in [6.07, 6.45) is 4.33. The number of benzene rings is 1. The highest BCUT2D eigenvalue weighted by Crippen LogP contribution is 2.30. The Bertz CT molecular complexity index is 840. The minimum absolute atomic E-state index is 0.117. The first-order valence-electron chi connectivity index (χ1n) is 7.34. The van der Waals surface area contributed by atoms with Crippen molar-refractivity contribution in [1.82, 2.24) is 25.1 Å². The predicted octanol–water partition coefficient (Wildman–Crippen LogP) is 2.61. The normalized spacial score (nSPS) is 14.3. The molecule has 23 heavy (non-hydrogen) atoms. The van der Waals surface area contributed by atoms with Crippen LogP contribution in [-0.2, 0) is 13.0 Å². The lowest BCUT2D eigenvalue weighted by Gasteiger charge is -1.98. The summed E-state index contributed by atoms with van der Waals surface area (Å²) in [6, 6.07) is 3.40. The fourth-order valence-corrected chi connectivity index (χ4v) is 2.32. The molecule has 6 nitrogen and oxygen atoms in total. The number of hydrogen-bond donors (Lipinski definition) is 0. The van der Waals surface area contributed by atoms with Gasteiger partial charge in [0.05, 0.1) is 6.20 Å². The first-order chi connectivity index (χ1) is 11.2. The predicted molar refractivity (Wildman–Crippen MR) is 75.2 cm³/mol. The third kappa shape index (κ3) is 3.10. The minimum atomic E-state index is -0.633. The number of aromatic nitrogens is 5. The summed E-state index contributed by atoms with van der Waals surface area (Å²) in [6.45, 7) is 0.842. The van der Waals surface area contributed by atoms with Gasteiger partial charge in [-0.15, -0.1) is 5.10 Å². The molecule has 0 bridgehead atoms. The van der Waals surface area contributed by atoms with Crippen LogP contribution in [-0.4, -0.2) is 25.1 Å². The molecule has 0 aliphatic heterocycles. The molecule has 0 unspecified atom stereocenters. The largest absolute Gasteiger partial charge is 0.332 e. The van der Waals surface area contributed by atoms with Crippen LogP contribution >= 0.6 is 0 Å². The molecule has 0 amide bonds. The van der Waals surface area contributed by atoms with E-state index in [0.717, 1.165) is 12.6 Å². The van der Waals surface area contributed by atoms with Crippen LogP contribution < -0.4 is 0 Å². The van der Waals surface area contributed by atoms with Gasteiger partial charge in [0.1, 0.15) is 11.6 Å². The maximum absolute atomic E-state index is 13.6. The Labute approximate surface area is 130 Å². The van der Waals surface area contributed by atoms with Gasteiger partial charge >= 0.3 is 0 Å². The van der Waals surface area contributed by atoms with Gasteiger partial charge in [-0.05, 0) is 30.4 Å². The van der Waals surface area contributed by atoms with Crippen molar-refractivity contribution < 1.29 is 13.3 Å². The lowest BCUT2D eigenvalue weighted by molar-refractivity contribution is 0.422. The van der Waals surface area contributed by atoms with Crippen LogP contribution in [0.5, 0.6) is 0 Å². The highest BCUT2D eigenvalue weighted by molar-refractivity contribution is 5.43. The fraction of sp³-hybridized carbons (Fsp3) is 0.333. The standard InChI is InChI=1S/C15H13F2N5O/c16-11-4-3-10(12(17)6-11)5-14-18-15(23-20-14)13-8-22(21-19-13)7-9-1-2-9/h3-4,6,8-9H,1-2,5,7H2. The SMILES string of the molecule is Fc1ccc(Cc2noc(-c3cn(CC4CC4)nn3)n2)c(F)c1. The zero-order valence-electron chi connectivity index (χ0n) is 12.1. The van der Waals surface area contributed by atoms with E-state index in [2.05, 4.69) is 20.5 Å². The third-order valence-corrected chi connectivity index (χ3v) is 3.73. The maximum atomic E-state index is 13.6. The smallest absolute Gasteiger partial charge is 0.280 e. The Morgan fingerprint density at radius 3 is 2.91 bits per heavy atom. The van der Waals surface area contributed by atoms with Crippen LogP contribution in [0.3, 0.4) is 0 Å². The number of hydrogen-bond acceptors (Lipinski definition) is 5. The summed E-state index contributed by atoms with van der Waals surface area (Å²) < 4.78 is 33.5. The molecule has 8 heteroatoms. The van der Waals surface area contributed by atoms with Crippen LogP contribution in [0.25, 0.3) is 11.6 Å². The monoisotopic (exact) mass is 317 g/mol. The van der Waals surface area contributed by atoms with Crippen molar-refractivity contribution in [3.05, 3.63) is 47.4 Å². The van der Waals surface area contributed by atoms with Crippen molar-refractivity contribution in [1.29, 1.82) is 0 Å². The second kappa shape index (κ2) is 5.53. The van der Waals surface area contributed by atoms with Gasteiger partial charge in [-0.3, -0.25) is 4.68 Å². The Morgan fingerprint density at radius 1 is 1.26 bits per heavy atom. The van der Waals surface area contributed by atoms with Gasteiger partial charge in [0.25, 0.3) is 5.89 Å². The molecule has 1 fully saturated rings. The van der Waals surface area contributed by atoms with E-state index in [1.54, 1.807) is 10.9 Å². The van der Waals surface area contributed by atoms with Crippen molar-refractivity contribution in [3.63, 3.8) is 0 Å². The Kier molecular flexibility index (Phi) is 3.36. The van der Waals surface area contributed by atoms with E-state index >= 15 is 0 Å². The zero-order valence-corrected chi connectivity index (χ0v) is 12.1. The summed E-state index contributed by atoms with van der Waals surface area (Å²) in [5.41, 5.74) is 0.792. The molecule has 2 aromatic heterocycles. The van der Waals surface area contributed by atoms with Crippen LogP contribution in [0.15, 0.2) is 28.9 Å². The molecular weight excluding hydrogens is 304 g/mol. The molecule has 0 spiro atoms. The average molecular weight is 317 g/mol. The quantitative estimate of drug-likeness (QED) is 0.723. The zero-order chi connectivity index (χ0) is 15.8. The Hall–Kier alpha value is -2.64. The summed E-state index contributed by atoms with van der Waals surface area (Å²) >= 11 is 0. The first-order valence-corrected chi connectivity index (χ1v) is 7.34. The van der Waals surface area contributed by atoms with E-state index in [9.17, 15) is 8.78 Å². The molecular formula is C15H13F2N5O. The molecule has 1 aliphatic rings. The van der Waals surface area contributed by atoms with Crippen molar-refractivity contribution in [2.45, 2.75) is 25.8 Å². The number of nitrogens with zero attached hydrogens (tertiary/aromatic N) is 5. The molecule has 4 rings (SSSR count). The van der Waals surface area contributed by atoms with Gasteiger partial charge in [-0.2, -0.15) is 4.98 Å². The van der Waals surface area contributed by atoms with E-state index < -0.39 is 11.6 Å². The first kappa shape index (κ1) is 14.0. The summed E-state index contributed by atoms with van der Waals surface area (Å²) in [5, 5.41) is 11.8. The number of halogens is 2. The van der Waals surface area contributed by atoms with Crippen molar-refractivity contribution in [3.8, 4) is 11.6 Å². The van der Waals surface area contributed by atoms with E-state index in [1.807, 2.05) is 0 Å². The van der Waals surface area contributed by atoms with Crippen molar-refractivity contribution in [2.75, 3.05) is 0 Å². The molecule has 0 N–H and O–H groups in total. The second-order valence-corrected chi connectivity index (χ2v) is 5.70. The fourth-order valence-electron chi connectivity index (χ4n) is 2.32. The summed E-state index contributed by atoms with van der Waals surface area (Å²) in [5.74, 6) is -0.0184. The van der Waals surface area contributed by atoms with Gasteiger partial charge in [-0.25, -0.2) is 8.78 Å². The van der Waals surface area contributed by atoms with Crippen LogP contribution in [0, 0.1) is 17.6 Å². The van der Waals surface area contributed by atoms with Gasteiger partial charge < -0.3 is 4.52 Å². The molecule has 0 saturated heterocycles. The lowest BCUT2D eigenvalue weighted by atomic mass is 10.1. The maximum Gasteiger partial charge on any atom is 0.280 e.